The fourth-order valence-corrected chi connectivity index (χ4v) is 1.74. The van der Waals surface area contributed by atoms with Crippen molar-refractivity contribution in [3.8, 4) is 11.6 Å². The average Bonchev–Trinajstić information content (AvgIpc) is 2.35. The van der Waals surface area contributed by atoms with Crippen molar-refractivity contribution in [2.24, 2.45) is 5.41 Å². The molecule has 0 aliphatic rings. The van der Waals surface area contributed by atoms with Gasteiger partial charge in [-0.05, 0) is 52.1 Å². The van der Waals surface area contributed by atoms with Crippen LogP contribution in [0.25, 0.3) is 0 Å². The van der Waals surface area contributed by atoms with E-state index in [1.807, 2.05) is 12.1 Å². The molecule has 4 nitrogen and oxygen atoms in total. The van der Waals surface area contributed by atoms with Crippen molar-refractivity contribution in [2.45, 2.75) is 66.5 Å². The molecule has 0 bridgehead atoms. The van der Waals surface area contributed by atoms with Gasteiger partial charge in [0.1, 0.15) is 5.75 Å². The summed E-state index contributed by atoms with van der Waals surface area (Å²) in [5.41, 5.74) is 0.285. The van der Waals surface area contributed by atoms with Gasteiger partial charge in [0, 0.05) is 11.6 Å². The molecule has 0 radical (unpaired) electrons. The van der Waals surface area contributed by atoms with E-state index in [1.54, 1.807) is 6.20 Å². The topological polar surface area (TPSA) is 43.4 Å². The van der Waals surface area contributed by atoms with E-state index < -0.39 is 0 Å². The van der Waals surface area contributed by atoms with Crippen LogP contribution in [0.15, 0.2) is 18.3 Å². The molecule has 0 amide bonds. The van der Waals surface area contributed by atoms with Crippen LogP contribution in [0.4, 0.5) is 0 Å². The molecule has 0 saturated carbocycles. The second-order valence-electron chi connectivity index (χ2n) is 8.08. The van der Waals surface area contributed by atoms with E-state index in [1.165, 1.54) is 0 Å². The van der Waals surface area contributed by atoms with Gasteiger partial charge in [-0.25, -0.2) is 4.98 Å². The van der Waals surface area contributed by atoms with Gasteiger partial charge in [-0.2, -0.15) is 0 Å². The zero-order chi connectivity index (χ0) is 16.8. The molecule has 1 N–H and O–H groups in total. The van der Waals surface area contributed by atoms with Crippen molar-refractivity contribution in [3.05, 3.63) is 18.3 Å². The van der Waals surface area contributed by atoms with Crippen LogP contribution in [0.5, 0.6) is 11.6 Å². The zero-order valence-electron chi connectivity index (χ0n) is 15.2. The van der Waals surface area contributed by atoms with Crippen molar-refractivity contribution in [2.75, 3.05) is 13.2 Å². The van der Waals surface area contributed by atoms with E-state index in [2.05, 4.69) is 58.8 Å². The highest BCUT2D eigenvalue weighted by atomic mass is 16.5. The van der Waals surface area contributed by atoms with E-state index in [4.69, 9.17) is 9.47 Å². The van der Waals surface area contributed by atoms with Crippen LogP contribution in [0.1, 0.15) is 54.9 Å². The molecule has 0 spiro atoms. The summed E-state index contributed by atoms with van der Waals surface area (Å²) in [5.74, 6) is 1.43. The number of hydrogen-bond acceptors (Lipinski definition) is 4. The first kappa shape index (κ1) is 18.8. The van der Waals surface area contributed by atoms with E-state index >= 15 is 0 Å². The largest absolute Gasteiger partial charge is 0.491 e. The highest BCUT2D eigenvalue weighted by Crippen LogP contribution is 2.19. The van der Waals surface area contributed by atoms with Gasteiger partial charge in [0.25, 0.3) is 0 Å². The maximum Gasteiger partial charge on any atom is 0.213 e. The number of hydrogen-bond donors (Lipinski definition) is 1. The summed E-state index contributed by atoms with van der Waals surface area (Å²) in [4.78, 5) is 4.31. The lowest BCUT2D eigenvalue weighted by Gasteiger charge is -2.22. The minimum Gasteiger partial charge on any atom is -0.491 e. The zero-order valence-corrected chi connectivity index (χ0v) is 15.2. The smallest absolute Gasteiger partial charge is 0.213 e. The van der Waals surface area contributed by atoms with Crippen LogP contribution < -0.4 is 14.8 Å². The summed E-state index contributed by atoms with van der Waals surface area (Å²) in [6.45, 7) is 16.6. The Labute approximate surface area is 135 Å². The van der Waals surface area contributed by atoms with E-state index in [0.29, 0.717) is 12.5 Å². The summed E-state index contributed by atoms with van der Waals surface area (Å²) in [7, 11) is 0. The molecule has 1 aromatic heterocycles. The molecule has 126 valence electrons. The molecule has 0 aliphatic heterocycles. The van der Waals surface area contributed by atoms with Crippen LogP contribution in [-0.4, -0.2) is 29.8 Å². The molecule has 0 saturated heterocycles. The van der Waals surface area contributed by atoms with E-state index in [-0.39, 0.29) is 17.1 Å². The molecule has 1 atom stereocenters. The van der Waals surface area contributed by atoms with Crippen molar-refractivity contribution in [1.82, 2.24) is 10.3 Å². The van der Waals surface area contributed by atoms with Crippen molar-refractivity contribution in [1.29, 1.82) is 0 Å². The Morgan fingerprint density at radius 3 is 2.32 bits per heavy atom. The number of aromatic nitrogens is 1. The van der Waals surface area contributed by atoms with Gasteiger partial charge in [0.15, 0.2) is 0 Å². The third-order valence-electron chi connectivity index (χ3n) is 2.91. The maximum atomic E-state index is 5.82. The lowest BCUT2D eigenvalue weighted by atomic mass is 9.99. The Balaban J connectivity index is 2.37. The van der Waals surface area contributed by atoms with Crippen molar-refractivity contribution in [3.63, 3.8) is 0 Å². The standard InChI is InChI=1S/C18H32N2O2/c1-14(10-11-20-18(5,6)7)22-16-9-8-15(12-19-16)21-13-17(2,3)4/h8-9,12,14,20H,10-11,13H2,1-7H3. The van der Waals surface area contributed by atoms with Crippen molar-refractivity contribution >= 4 is 0 Å². The van der Waals surface area contributed by atoms with Gasteiger partial charge in [0.2, 0.25) is 5.88 Å². The molecular weight excluding hydrogens is 276 g/mol. The Bertz CT molecular complexity index is 430. The quantitative estimate of drug-likeness (QED) is 0.825. The Kier molecular flexibility index (Phi) is 6.66. The van der Waals surface area contributed by atoms with Crippen molar-refractivity contribution < 1.29 is 9.47 Å². The molecule has 1 unspecified atom stereocenters. The number of rotatable bonds is 7. The second kappa shape index (κ2) is 7.82. The van der Waals surface area contributed by atoms with Gasteiger partial charge in [0.05, 0.1) is 18.9 Å². The van der Waals surface area contributed by atoms with Gasteiger partial charge in [-0.3, -0.25) is 0 Å². The van der Waals surface area contributed by atoms with Gasteiger partial charge >= 0.3 is 0 Å². The predicted octanol–water partition coefficient (Wildman–Crippen LogP) is 4.05. The monoisotopic (exact) mass is 308 g/mol. The number of nitrogens with one attached hydrogen (secondary N) is 1. The molecule has 0 aromatic carbocycles. The lowest BCUT2D eigenvalue weighted by molar-refractivity contribution is 0.190. The Morgan fingerprint density at radius 1 is 1.14 bits per heavy atom. The summed E-state index contributed by atoms with van der Waals surface area (Å²) < 4.78 is 11.5. The summed E-state index contributed by atoms with van der Waals surface area (Å²) >= 11 is 0. The first-order chi connectivity index (χ1) is 10.1. The predicted molar refractivity (Wildman–Crippen MR) is 91.6 cm³/mol. The summed E-state index contributed by atoms with van der Waals surface area (Å²) in [6.07, 6.45) is 2.80. The highest BCUT2D eigenvalue weighted by Gasteiger charge is 2.12. The van der Waals surface area contributed by atoms with E-state index in [9.17, 15) is 0 Å². The minimum absolute atomic E-state index is 0.128. The highest BCUT2D eigenvalue weighted by molar-refractivity contribution is 5.23. The number of ether oxygens (including phenoxy) is 2. The molecule has 1 heterocycles. The molecule has 0 fully saturated rings. The van der Waals surface area contributed by atoms with Crippen LogP contribution in [0, 0.1) is 5.41 Å². The fraction of sp³-hybridized carbons (Fsp3) is 0.722. The minimum atomic E-state index is 0.128. The SMILES string of the molecule is CC(CCNC(C)(C)C)Oc1ccc(OCC(C)(C)C)cn1. The molecule has 22 heavy (non-hydrogen) atoms. The Morgan fingerprint density at radius 2 is 1.82 bits per heavy atom. The van der Waals surface area contributed by atoms with Crippen LogP contribution >= 0.6 is 0 Å². The van der Waals surface area contributed by atoms with Crippen LogP contribution in [0.3, 0.4) is 0 Å². The maximum absolute atomic E-state index is 5.82. The fourth-order valence-electron chi connectivity index (χ4n) is 1.74. The van der Waals surface area contributed by atoms with Crippen LogP contribution in [0.2, 0.25) is 0 Å². The molecule has 0 aliphatic carbocycles. The van der Waals surface area contributed by atoms with Gasteiger partial charge in [-0.15, -0.1) is 0 Å². The lowest BCUT2D eigenvalue weighted by Crippen LogP contribution is -2.37. The molecular formula is C18H32N2O2. The summed E-state index contributed by atoms with van der Waals surface area (Å²) in [6, 6.07) is 3.78. The number of pyridine rings is 1. The van der Waals surface area contributed by atoms with Gasteiger partial charge < -0.3 is 14.8 Å². The average molecular weight is 308 g/mol. The third-order valence-corrected chi connectivity index (χ3v) is 2.91. The van der Waals surface area contributed by atoms with Crippen LogP contribution in [-0.2, 0) is 0 Å². The number of nitrogens with zero attached hydrogens (tertiary/aromatic N) is 1. The normalized spacial score (nSPS) is 13.8. The van der Waals surface area contributed by atoms with E-state index in [0.717, 1.165) is 18.7 Å². The first-order valence-corrected chi connectivity index (χ1v) is 8.06. The Hall–Kier alpha value is -1.29. The summed E-state index contributed by atoms with van der Waals surface area (Å²) in [5, 5.41) is 3.46. The molecule has 1 aromatic rings. The third kappa shape index (κ3) is 8.88. The second-order valence-corrected chi connectivity index (χ2v) is 8.08. The molecule has 4 heteroatoms. The van der Waals surface area contributed by atoms with Gasteiger partial charge in [-0.1, -0.05) is 20.8 Å². The molecule has 1 rings (SSSR count). The first-order valence-electron chi connectivity index (χ1n) is 8.06.